The molecule has 3 rings (SSSR count). The lowest BCUT2D eigenvalue weighted by atomic mass is 9.93. The fourth-order valence-corrected chi connectivity index (χ4v) is 3.77. The summed E-state index contributed by atoms with van der Waals surface area (Å²) in [6.45, 7) is 2.24. The third-order valence-electron chi connectivity index (χ3n) is 5.12. The Morgan fingerprint density at radius 3 is 2.75 bits per heavy atom. The smallest absolute Gasteiger partial charge is 0.325 e. The summed E-state index contributed by atoms with van der Waals surface area (Å²) in [5.74, 6) is 0.0591. The van der Waals surface area contributed by atoms with Crippen molar-refractivity contribution in [1.29, 1.82) is 0 Å². The number of esters is 1. The average Bonchev–Trinajstić information content (AvgIpc) is 3.42. The van der Waals surface area contributed by atoms with Crippen molar-refractivity contribution in [3.05, 3.63) is 30.1 Å². The summed E-state index contributed by atoms with van der Waals surface area (Å²) in [7, 11) is 0. The quantitative estimate of drug-likeness (QED) is 0.753. The summed E-state index contributed by atoms with van der Waals surface area (Å²) >= 11 is 0. The first-order chi connectivity index (χ1) is 11.7. The molecule has 2 aliphatic carbocycles. The van der Waals surface area contributed by atoms with Gasteiger partial charge in [0.1, 0.15) is 6.54 Å². The van der Waals surface area contributed by atoms with Crippen LogP contribution in [-0.4, -0.2) is 41.0 Å². The number of hydrogen-bond acceptors (Lipinski definition) is 4. The van der Waals surface area contributed by atoms with Crippen LogP contribution in [0.3, 0.4) is 0 Å². The van der Waals surface area contributed by atoms with E-state index in [1.165, 1.54) is 6.42 Å². The first-order valence-electron chi connectivity index (χ1n) is 9.06. The van der Waals surface area contributed by atoms with Crippen LogP contribution in [0.25, 0.3) is 0 Å². The van der Waals surface area contributed by atoms with Crippen LogP contribution in [0.5, 0.6) is 0 Å². The molecule has 0 spiro atoms. The van der Waals surface area contributed by atoms with Crippen LogP contribution in [0.2, 0.25) is 0 Å². The molecule has 0 aromatic carbocycles. The second-order valence-corrected chi connectivity index (χ2v) is 6.80. The fraction of sp³-hybridized carbons (Fsp3) is 0.632. The van der Waals surface area contributed by atoms with E-state index in [0.29, 0.717) is 6.61 Å². The largest absolute Gasteiger partial charge is 0.465 e. The van der Waals surface area contributed by atoms with E-state index in [-0.39, 0.29) is 36.3 Å². The van der Waals surface area contributed by atoms with Gasteiger partial charge < -0.3 is 9.64 Å². The minimum absolute atomic E-state index is 0.00875. The number of amides is 1. The minimum atomic E-state index is -0.296. The van der Waals surface area contributed by atoms with E-state index >= 15 is 0 Å². The number of hydrogen-bond donors (Lipinski definition) is 0. The molecule has 5 heteroatoms. The highest BCUT2D eigenvalue weighted by Gasteiger charge is 2.47. The molecule has 5 nitrogen and oxygen atoms in total. The molecule has 130 valence electrons. The van der Waals surface area contributed by atoms with E-state index < -0.39 is 0 Å². The molecule has 2 saturated carbocycles. The molecular formula is C19H26N2O3. The van der Waals surface area contributed by atoms with Gasteiger partial charge in [0, 0.05) is 24.4 Å². The van der Waals surface area contributed by atoms with Crippen molar-refractivity contribution in [2.24, 2.45) is 5.92 Å². The van der Waals surface area contributed by atoms with Crippen molar-refractivity contribution in [2.45, 2.75) is 57.4 Å². The van der Waals surface area contributed by atoms with Gasteiger partial charge >= 0.3 is 5.97 Å². The number of nitrogens with zero attached hydrogens (tertiary/aromatic N) is 2. The normalized spacial score (nSPS) is 23.5. The minimum Gasteiger partial charge on any atom is -0.465 e. The maximum absolute atomic E-state index is 13.0. The molecule has 0 bridgehead atoms. The Hall–Kier alpha value is -1.91. The molecule has 1 aromatic rings. The van der Waals surface area contributed by atoms with Crippen LogP contribution in [0, 0.1) is 5.92 Å². The molecular weight excluding hydrogens is 304 g/mol. The van der Waals surface area contributed by atoms with Gasteiger partial charge in [-0.2, -0.15) is 0 Å². The number of pyridine rings is 1. The molecule has 1 heterocycles. The van der Waals surface area contributed by atoms with Crippen molar-refractivity contribution in [1.82, 2.24) is 9.88 Å². The van der Waals surface area contributed by atoms with Crippen LogP contribution in [-0.2, 0) is 14.3 Å². The van der Waals surface area contributed by atoms with Gasteiger partial charge in [-0.15, -0.1) is 0 Å². The van der Waals surface area contributed by atoms with E-state index in [4.69, 9.17) is 4.74 Å². The number of rotatable bonds is 6. The predicted octanol–water partition coefficient (Wildman–Crippen LogP) is 2.91. The Bertz CT molecular complexity index is 569. The highest BCUT2D eigenvalue weighted by atomic mass is 16.5. The summed E-state index contributed by atoms with van der Waals surface area (Å²) in [5, 5.41) is 0. The molecule has 0 saturated heterocycles. The van der Waals surface area contributed by atoms with Crippen LogP contribution < -0.4 is 0 Å². The van der Waals surface area contributed by atoms with Crippen LogP contribution in [0.15, 0.2) is 24.5 Å². The Kier molecular flexibility index (Phi) is 5.48. The lowest BCUT2D eigenvalue weighted by Crippen LogP contribution is -2.45. The molecule has 2 atom stereocenters. The molecule has 0 aliphatic heterocycles. The van der Waals surface area contributed by atoms with Gasteiger partial charge in [-0.05, 0) is 43.7 Å². The zero-order valence-electron chi connectivity index (χ0n) is 14.3. The molecule has 2 fully saturated rings. The van der Waals surface area contributed by atoms with Gasteiger partial charge in [-0.1, -0.05) is 25.3 Å². The van der Waals surface area contributed by atoms with Crippen LogP contribution >= 0.6 is 0 Å². The van der Waals surface area contributed by atoms with E-state index in [0.717, 1.165) is 37.7 Å². The molecule has 0 radical (unpaired) electrons. The standard InChI is InChI=1S/C19H26N2O3/c1-2-24-18(22)13-21(15-8-4-3-5-9-15)19(23)17-11-16(17)14-7-6-10-20-12-14/h6-7,10,12,15-17H,2-5,8-9,11,13H2,1H3. The third kappa shape index (κ3) is 3.94. The molecule has 1 amide bonds. The highest BCUT2D eigenvalue weighted by Crippen LogP contribution is 2.48. The van der Waals surface area contributed by atoms with Gasteiger partial charge in [0.25, 0.3) is 0 Å². The highest BCUT2D eigenvalue weighted by molar-refractivity contribution is 5.86. The average molecular weight is 330 g/mol. The third-order valence-corrected chi connectivity index (χ3v) is 5.12. The lowest BCUT2D eigenvalue weighted by molar-refractivity contribution is -0.151. The van der Waals surface area contributed by atoms with E-state index in [1.807, 2.05) is 18.3 Å². The zero-order chi connectivity index (χ0) is 16.9. The van der Waals surface area contributed by atoms with E-state index in [2.05, 4.69) is 4.98 Å². The maximum Gasteiger partial charge on any atom is 0.325 e. The van der Waals surface area contributed by atoms with Gasteiger partial charge in [0.15, 0.2) is 0 Å². The molecule has 2 aliphatic rings. The molecule has 1 aromatic heterocycles. The summed E-state index contributed by atoms with van der Waals surface area (Å²) in [4.78, 5) is 30.9. The first-order valence-corrected chi connectivity index (χ1v) is 9.06. The number of aromatic nitrogens is 1. The van der Waals surface area contributed by atoms with Crippen molar-refractivity contribution in [2.75, 3.05) is 13.2 Å². The van der Waals surface area contributed by atoms with Crippen molar-refractivity contribution in [3.63, 3.8) is 0 Å². The van der Waals surface area contributed by atoms with Crippen molar-refractivity contribution in [3.8, 4) is 0 Å². The Labute approximate surface area is 143 Å². The van der Waals surface area contributed by atoms with Gasteiger partial charge in [0.05, 0.1) is 6.61 Å². The number of ether oxygens (including phenoxy) is 1. The lowest BCUT2D eigenvalue weighted by Gasteiger charge is -2.34. The summed E-state index contributed by atoms with van der Waals surface area (Å²) < 4.78 is 5.08. The molecule has 0 N–H and O–H groups in total. The first kappa shape index (κ1) is 16.9. The summed E-state index contributed by atoms with van der Waals surface area (Å²) in [5.41, 5.74) is 1.12. The predicted molar refractivity (Wildman–Crippen MR) is 90.3 cm³/mol. The topological polar surface area (TPSA) is 59.5 Å². The van der Waals surface area contributed by atoms with Gasteiger partial charge in [-0.3, -0.25) is 14.6 Å². The summed E-state index contributed by atoms with van der Waals surface area (Å²) in [6.07, 6.45) is 9.93. The number of carbonyl (C=O) groups excluding carboxylic acids is 2. The zero-order valence-corrected chi connectivity index (χ0v) is 14.3. The van der Waals surface area contributed by atoms with Crippen molar-refractivity contribution < 1.29 is 14.3 Å². The monoisotopic (exact) mass is 330 g/mol. The second kappa shape index (κ2) is 7.77. The number of carbonyl (C=O) groups is 2. The van der Waals surface area contributed by atoms with Crippen LogP contribution in [0.1, 0.15) is 56.9 Å². The van der Waals surface area contributed by atoms with Gasteiger partial charge in [-0.25, -0.2) is 0 Å². The second-order valence-electron chi connectivity index (χ2n) is 6.80. The van der Waals surface area contributed by atoms with E-state index in [1.54, 1.807) is 18.0 Å². The molecule has 2 unspecified atom stereocenters. The Balaban J connectivity index is 1.68. The van der Waals surface area contributed by atoms with E-state index in [9.17, 15) is 9.59 Å². The maximum atomic E-state index is 13.0. The summed E-state index contributed by atoms with van der Waals surface area (Å²) in [6, 6.07) is 4.12. The van der Waals surface area contributed by atoms with Crippen molar-refractivity contribution >= 4 is 11.9 Å². The fourth-order valence-electron chi connectivity index (χ4n) is 3.77. The Morgan fingerprint density at radius 2 is 2.08 bits per heavy atom. The van der Waals surface area contributed by atoms with Gasteiger partial charge in [0.2, 0.25) is 5.91 Å². The Morgan fingerprint density at radius 1 is 1.29 bits per heavy atom. The van der Waals surface area contributed by atoms with Crippen LogP contribution in [0.4, 0.5) is 0 Å². The molecule has 24 heavy (non-hydrogen) atoms. The SMILES string of the molecule is CCOC(=O)CN(C(=O)C1CC1c1cccnc1)C1CCCCC1.